The van der Waals surface area contributed by atoms with E-state index < -0.39 is 16.1 Å². The van der Waals surface area contributed by atoms with Gasteiger partial charge in [-0.2, -0.15) is 0 Å². The van der Waals surface area contributed by atoms with Crippen molar-refractivity contribution in [3.05, 3.63) is 85.2 Å². The van der Waals surface area contributed by atoms with E-state index >= 15 is 0 Å². The van der Waals surface area contributed by atoms with Crippen LogP contribution in [0, 0.1) is 0 Å². The van der Waals surface area contributed by atoms with Crippen LogP contribution in [0.4, 0.5) is 10.7 Å². The quantitative estimate of drug-likeness (QED) is 0.0691. The van der Waals surface area contributed by atoms with Gasteiger partial charge in [-0.15, -0.1) is 0 Å². The lowest BCUT2D eigenvalue weighted by molar-refractivity contribution is 0.0908. The number of imidazole rings is 1. The van der Waals surface area contributed by atoms with Gasteiger partial charge < -0.3 is 43.2 Å². The number of carbonyl (C=O) groups excluding carboxylic acids is 1. The molecule has 0 aliphatic heterocycles. The summed E-state index contributed by atoms with van der Waals surface area (Å²) in [6.07, 6.45) is 9.76. The maximum absolute atomic E-state index is 12.0. The van der Waals surface area contributed by atoms with E-state index in [2.05, 4.69) is 128 Å². The minimum Gasteiger partial charge on any atom is -0.497 e. The van der Waals surface area contributed by atoms with Gasteiger partial charge in [0.2, 0.25) is 5.95 Å². The van der Waals surface area contributed by atoms with Crippen molar-refractivity contribution in [1.82, 2.24) is 52.8 Å². The number of aryl methyl sites for hydroxylation is 2. The van der Waals surface area contributed by atoms with Crippen molar-refractivity contribution in [3.63, 3.8) is 0 Å². The number of nitrogens with zero attached hydrogens (tertiary/aromatic N) is 11. The van der Waals surface area contributed by atoms with Crippen molar-refractivity contribution in [1.29, 1.82) is 0 Å². The molecule has 9 aromatic rings. The van der Waals surface area contributed by atoms with Crippen LogP contribution in [-0.2, 0) is 43.6 Å². The van der Waals surface area contributed by atoms with Crippen LogP contribution in [0.2, 0.25) is 51.4 Å². The fraction of sp³-hybridized carbons (Fsp3) is 0.404. The molecule has 0 spiro atoms. The molecule has 17 nitrogen and oxygen atoms in total. The highest BCUT2D eigenvalue weighted by Crippen LogP contribution is 2.38. The first-order valence-corrected chi connectivity index (χ1v) is 31.4. The summed E-state index contributed by atoms with van der Waals surface area (Å²) >= 11 is 0. The van der Waals surface area contributed by atoms with Crippen molar-refractivity contribution < 1.29 is 23.7 Å². The smallest absolute Gasteiger partial charge is 0.317 e. The molecule has 0 fully saturated rings. The molecular formula is C52H70N12O5Si2. The first-order valence-electron chi connectivity index (χ1n) is 24.0. The van der Waals surface area contributed by atoms with Crippen LogP contribution in [0.15, 0.2) is 79.5 Å². The van der Waals surface area contributed by atoms with Gasteiger partial charge in [0, 0.05) is 117 Å². The molecule has 0 radical (unpaired) electrons. The third-order valence-electron chi connectivity index (χ3n) is 12.6. The van der Waals surface area contributed by atoms with E-state index in [-0.39, 0.29) is 6.03 Å². The van der Waals surface area contributed by atoms with E-state index in [1.165, 1.54) is 4.90 Å². The summed E-state index contributed by atoms with van der Waals surface area (Å²) < 4.78 is 34.2. The largest absolute Gasteiger partial charge is 0.497 e. The number of aromatic nitrogens is 9. The summed E-state index contributed by atoms with van der Waals surface area (Å²) in [6.45, 7) is 16.7. The normalized spacial score (nSPS) is 12.1. The maximum atomic E-state index is 12.0. The number of ether oxygens (including phenoxy) is 4. The van der Waals surface area contributed by atoms with Crippen molar-refractivity contribution in [2.24, 2.45) is 14.1 Å². The maximum Gasteiger partial charge on any atom is 0.317 e. The summed E-state index contributed by atoms with van der Waals surface area (Å²) in [7, 11) is 12.5. The van der Waals surface area contributed by atoms with E-state index in [4.69, 9.17) is 33.9 Å². The molecule has 9 rings (SSSR count). The Morgan fingerprint density at radius 2 is 1.18 bits per heavy atom. The number of benzene rings is 2. The molecule has 0 unspecified atom stereocenters. The molecule has 0 bridgehead atoms. The zero-order valence-electron chi connectivity index (χ0n) is 43.9. The molecule has 0 aliphatic carbocycles. The Hall–Kier alpha value is -6.68. The standard InChI is InChI=1S/C26H36N6O3Si.C26H34N6O2Si/c1-30(2)26(33)28-15-18-14-27-25-22(29-18)13-24(32(25)17-35-10-11-36(5,6)7)21-16-31(3)23-9-8-19(34-4)12-20(21)23;1-29(2)26-28-15-18-14-27-25-24(32(18)26)13-23(31(25)17-34-10-11-35(5,6)7)21-16-30(3)22-9-8-19(33-4)12-20(21)22/h8-9,12-14,16H,10-11,15,17H2,1-7H3,(H,28,33);8-9,12-16H,10-11,17H2,1-7H3. The number of amides is 2. The highest BCUT2D eigenvalue weighted by atomic mass is 28.3. The van der Waals surface area contributed by atoms with Crippen molar-refractivity contribution >= 4 is 77.8 Å². The number of anilines is 1. The molecule has 71 heavy (non-hydrogen) atoms. The number of hydrogen-bond acceptors (Lipinski definition) is 10. The van der Waals surface area contributed by atoms with Crippen molar-refractivity contribution in [2.75, 3.05) is 60.5 Å². The number of methoxy groups -OCH3 is 2. The average Bonchev–Trinajstić information content (AvgIpc) is 4.15. The molecule has 0 aliphatic rings. The molecule has 7 heterocycles. The molecule has 2 amide bonds. The zero-order chi connectivity index (χ0) is 50.9. The van der Waals surface area contributed by atoms with E-state index in [1.54, 1.807) is 34.5 Å². The molecule has 0 atom stereocenters. The highest BCUT2D eigenvalue weighted by Gasteiger charge is 2.23. The van der Waals surface area contributed by atoms with Crippen LogP contribution >= 0.6 is 0 Å². The second-order valence-corrected chi connectivity index (χ2v) is 32.2. The zero-order valence-corrected chi connectivity index (χ0v) is 45.9. The summed E-state index contributed by atoms with van der Waals surface area (Å²) in [4.78, 5) is 34.5. The Labute approximate surface area is 417 Å². The average molecular weight is 999 g/mol. The third kappa shape index (κ3) is 11.0. The van der Waals surface area contributed by atoms with Crippen LogP contribution in [0.25, 0.3) is 72.2 Å². The monoisotopic (exact) mass is 999 g/mol. The Balaban J connectivity index is 0.000000190. The summed E-state index contributed by atoms with van der Waals surface area (Å²) in [5.74, 6) is 2.51. The fourth-order valence-electron chi connectivity index (χ4n) is 8.61. The van der Waals surface area contributed by atoms with Crippen molar-refractivity contribution in [2.45, 2.75) is 71.4 Å². The Morgan fingerprint density at radius 3 is 1.70 bits per heavy atom. The SMILES string of the molecule is COc1ccc2c(c1)c(-c1cc3c(ncc4cnc(N(C)C)n43)n1COCC[Si](C)(C)C)cn2C.COc1ccc2c(c1)c(-c1cc3nc(CNC(=O)N(C)C)cnc3n1COCC[Si](C)(C)C)cn2C. The lowest BCUT2D eigenvalue weighted by atomic mass is 10.1. The van der Waals surface area contributed by atoms with Gasteiger partial charge in [-0.1, -0.05) is 39.3 Å². The molecule has 2 aromatic carbocycles. The van der Waals surface area contributed by atoms with Gasteiger partial charge in [-0.25, -0.2) is 24.7 Å². The van der Waals surface area contributed by atoms with E-state index in [1.807, 2.05) is 50.6 Å². The van der Waals surface area contributed by atoms with Crippen LogP contribution in [0.5, 0.6) is 11.5 Å². The topological polar surface area (TPSA) is 148 Å². The van der Waals surface area contributed by atoms with Gasteiger partial charge in [0.05, 0.1) is 67.5 Å². The van der Waals surface area contributed by atoms with Crippen LogP contribution in [0.1, 0.15) is 5.69 Å². The Morgan fingerprint density at radius 1 is 0.662 bits per heavy atom. The minimum absolute atomic E-state index is 0.171. The second kappa shape index (κ2) is 20.6. The molecular weight excluding hydrogens is 929 g/mol. The predicted octanol–water partition coefficient (Wildman–Crippen LogP) is 9.91. The van der Waals surface area contributed by atoms with Gasteiger partial charge in [-0.05, 0) is 60.6 Å². The van der Waals surface area contributed by atoms with E-state index in [0.29, 0.717) is 32.3 Å². The number of hydrogen-bond donors (Lipinski definition) is 1. The van der Waals surface area contributed by atoms with Gasteiger partial charge in [0.15, 0.2) is 11.3 Å². The number of urea groups is 1. The first kappa shape index (κ1) is 50.7. The van der Waals surface area contributed by atoms with Gasteiger partial charge >= 0.3 is 6.03 Å². The number of carbonyl (C=O) groups is 1. The number of nitrogens with one attached hydrogen (secondary N) is 1. The number of rotatable bonds is 17. The highest BCUT2D eigenvalue weighted by molar-refractivity contribution is 6.76. The summed E-state index contributed by atoms with van der Waals surface area (Å²) in [6, 6.07) is 18.6. The molecule has 19 heteroatoms. The van der Waals surface area contributed by atoms with Crippen LogP contribution in [0.3, 0.4) is 0 Å². The lowest BCUT2D eigenvalue weighted by Crippen LogP contribution is -2.34. The van der Waals surface area contributed by atoms with Gasteiger partial charge in [0.1, 0.15) is 30.5 Å². The molecule has 1 N–H and O–H groups in total. The van der Waals surface area contributed by atoms with Gasteiger partial charge in [-0.3, -0.25) is 13.5 Å². The number of fused-ring (bicyclic) bond motifs is 6. The summed E-state index contributed by atoms with van der Waals surface area (Å²) in [5, 5.41) is 5.07. The third-order valence-corrected chi connectivity index (χ3v) is 16.0. The van der Waals surface area contributed by atoms with Crippen LogP contribution < -0.4 is 19.7 Å². The Kier molecular flexibility index (Phi) is 14.7. The molecule has 7 aromatic heterocycles. The Bertz CT molecular complexity index is 3350. The molecule has 0 saturated heterocycles. The van der Waals surface area contributed by atoms with Crippen molar-refractivity contribution in [3.8, 4) is 34.0 Å². The van der Waals surface area contributed by atoms with E-state index in [9.17, 15) is 4.79 Å². The second-order valence-electron chi connectivity index (χ2n) is 21.0. The molecule has 0 saturated carbocycles. The summed E-state index contributed by atoms with van der Waals surface area (Å²) in [5.41, 5.74) is 11.5. The van der Waals surface area contributed by atoms with Gasteiger partial charge in [0.25, 0.3) is 0 Å². The fourth-order valence-corrected chi connectivity index (χ4v) is 10.1. The molecule has 376 valence electrons. The minimum atomic E-state index is -1.21. The van der Waals surface area contributed by atoms with E-state index in [0.717, 1.165) is 108 Å². The lowest BCUT2D eigenvalue weighted by Gasteiger charge is -2.16. The first-order chi connectivity index (χ1) is 33.7. The van der Waals surface area contributed by atoms with Crippen LogP contribution in [-0.4, -0.2) is 125 Å². The predicted molar refractivity (Wildman–Crippen MR) is 291 cm³/mol.